The molecule has 1 aliphatic rings. The molecule has 1 fully saturated rings. The normalized spacial score (nSPS) is 16.1. The van der Waals surface area contributed by atoms with Gasteiger partial charge in [-0.05, 0) is 6.92 Å². The number of nitrogens with two attached hydrogens (primary N) is 1. The van der Waals surface area contributed by atoms with E-state index >= 15 is 0 Å². The first-order valence-electron chi connectivity index (χ1n) is 9.38. The van der Waals surface area contributed by atoms with Crippen LogP contribution in [0.15, 0.2) is 34.7 Å². The molecule has 1 aliphatic heterocycles. The van der Waals surface area contributed by atoms with Crippen LogP contribution in [0.4, 0.5) is 25.0 Å². The molecule has 2 rings (SSSR count). The van der Waals surface area contributed by atoms with Gasteiger partial charge in [-0.1, -0.05) is 0 Å². The van der Waals surface area contributed by atoms with E-state index in [0.29, 0.717) is 6.41 Å². The monoisotopic (exact) mass is 437 g/mol. The summed E-state index contributed by atoms with van der Waals surface area (Å²) in [6.45, 7) is 5.66. The fourth-order valence-electron chi connectivity index (χ4n) is 2.86. The topological polar surface area (TPSA) is 107 Å². The number of nitrogens with zero attached hydrogens (tertiary/aromatic N) is 6. The SMILES string of the molecule is C=NN(/C=C\N)C[C@H]1CN(c2cc(F)c(N(CC)/N=C\CN(C)C=O)c(F)c2)C(=O)O1. The van der Waals surface area contributed by atoms with Gasteiger partial charge in [0.2, 0.25) is 6.41 Å². The standard InChI is InChI=1S/C19H25F2N7O3/c1-4-28(24-6-8-25(3)13-29)18-16(20)9-14(10-17(18)21)27-12-15(31-19(27)30)11-26(23-2)7-5-22/h5-7,9-10,13,15H,2,4,8,11-12,22H2,1,3H3/b7-5-,24-6-/t15-/m0/s1. The van der Waals surface area contributed by atoms with E-state index in [4.69, 9.17) is 10.5 Å². The van der Waals surface area contributed by atoms with E-state index in [9.17, 15) is 18.4 Å². The second-order valence-corrected chi connectivity index (χ2v) is 6.54. The number of hydrogen-bond donors (Lipinski definition) is 1. The number of carbonyl (C=O) groups is 2. The minimum absolute atomic E-state index is 0.0134. The van der Waals surface area contributed by atoms with Gasteiger partial charge < -0.3 is 15.4 Å². The number of amides is 2. The summed E-state index contributed by atoms with van der Waals surface area (Å²) in [7, 11) is 1.55. The molecule has 31 heavy (non-hydrogen) atoms. The molecule has 10 nitrogen and oxygen atoms in total. The van der Waals surface area contributed by atoms with Crippen molar-refractivity contribution >= 4 is 36.8 Å². The van der Waals surface area contributed by atoms with E-state index in [2.05, 4.69) is 16.9 Å². The van der Waals surface area contributed by atoms with Gasteiger partial charge >= 0.3 is 6.09 Å². The van der Waals surface area contributed by atoms with Gasteiger partial charge in [0.15, 0.2) is 11.6 Å². The molecule has 0 saturated carbocycles. The van der Waals surface area contributed by atoms with Gasteiger partial charge in [-0.15, -0.1) is 0 Å². The number of anilines is 2. The number of carbonyl (C=O) groups excluding carboxylic acids is 2. The van der Waals surface area contributed by atoms with Crippen molar-refractivity contribution in [3.8, 4) is 0 Å². The molecule has 0 spiro atoms. The Morgan fingerprint density at radius 3 is 2.61 bits per heavy atom. The number of cyclic esters (lactones) is 1. The first-order chi connectivity index (χ1) is 14.8. The predicted molar refractivity (Wildman–Crippen MR) is 114 cm³/mol. The van der Waals surface area contributed by atoms with Crippen LogP contribution in [-0.2, 0) is 9.53 Å². The van der Waals surface area contributed by atoms with E-state index < -0.39 is 23.8 Å². The molecule has 1 heterocycles. The van der Waals surface area contributed by atoms with E-state index in [0.717, 1.165) is 22.0 Å². The van der Waals surface area contributed by atoms with Crippen LogP contribution in [0.25, 0.3) is 0 Å². The minimum atomic E-state index is -0.894. The Bertz CT molecular complexity index is 842. The van der Waals surface area contributed by atoms with Crippen LogP contribution in [0.2, 0.25) is 0 Å². The van der Waals surface area contributed by atoms with E-state index in [1.807, 2.05) is 0 Å². The number of benzene rings is 1. The van der Waals surface area contributed by atoms with Gasteiger partial charge in [-0.25, -0.2) is 13.6 Å². The number of rotatable bonds is 11. The van der Waals surface area contributed by atoms with Crippen molar-refractivity contribution in [1.82, 2.24) is 9.91 Å². The van der Waals surface area contributed by atoms with Crippen molar-refractivity contribution < 1.29 is 23.1 Å². The molecule has 12 heteroatoms. The van der Waals surface area contributed by atoms with E-state index in [1.54, 1.807) is 14.0 Å². The summed E-state index contributed by atoms with van der Waals surface area (Å²) in [4.78, 5) is 25.3. The van der Waals surface area contributed by atoms with Gasteiger partial charge in [0.1, 0.15) is 11.8 Å². The average molecular weight is 437 g/mol. The van der Waals surface area contributed by atoms with E-state index in [-0.39, 0.29) is 37.6 Å². The Hall–Kier alpha value is -3.70. The molecule has 0 bridgehead atoms. The predicted octanol–water partition coefficient (Wildman–Crippen LogP) is 1.54. The minimum Gasteiger partial charge on any atom is -0.442 e. The lowest BCUT2D eigenvalue weighted by Gasteiger charge is -2.21. The first kappa shape index (κ1) is 23.6. The molecule has 0 unspecified atom stereocenters. The Morgan fingerprint density at radius 2 is 2.06 bits per heavy atom. The molecule has 1 saturated heterocycles. The maximum Gasteiger partial charge on any atom is 0.414 e. The summed E-state index contributed by atoms with van der Waals surface area (Å²) in [5.41, 5.74) is 4.97. The lowest BCUT2D eigenvalue weighted by molar-refractivity contribution is -0.116. The quantitative estimate of drug-likeness (QED) is 0.320. The lowest BCUT2D eigenvalue weighted by atomic mass is 10.2. The number of halogens is 2. The van der Waals surface area contributed by atoms with Crippen LogP contribution in [0.3, 0.4) is 0 Å². The third kappa shape index (κ3) is 5.90. The molecule has 1 atom stereocenters. The summed E-state index contributed by atoms with van der Waals surface area (Å²) in [5.74, 6) is -1.79. The highest BCUT2D eigenvalue weighted by molar-refractivity contribution is 5.90. The average Bonchev–Trinajstić information content (AvgIpc) is 3.11. The summed E-state index contributed by atoms with van der Waals surface area (Å²) in [6, 6.07) is 2.09. The van der Waals surface area contributed by atoms with Gasteiger partial charge in [0, 0.05) is 51.1 Å². The van der Waals surface area contributed by atoms with Gasteiger partial charge in [0.25, 0.3) is 0 Å². The molecule has 0 aliphatic carbocycles. The largest absolute Gasteiger partial charge is 0.442 e. The van der Waals surface area contributed by atoms with Crippen LogP contribution in [0.5, 0.6) is 0 Å². The highest BCUT2D eigenvalue weighted by Gasteiger charge is 2.34. The first-order valence-corrected chi connectivity index (χ1v) is 9.38. The molecular weight excluding hydrogens is 412 g/mol. The van der Waals surface area contributed by atoms with Crippen molar-refractivity contribution in [2.45, 2.75) is 13.0 Å². The number of ether oxygens (including phenoxy) is 1. The number of hydrazone groups is 2. The maximum atomic E-state index is 14.8. The van der Waals surface area contributed by atoms with Gasteiger partial charge in [-0.2, -0.15) is 10.2 Å². The second-order valence-electron chi connectivity index (χ2n) is 6.54. The van der Waals surface area contributed by atoms with Crippen molar-refractivity contribution in [2.75, 3.05) is 43.1 Å². The van der Waals surface area contributed by atoms with Crippen LogP contribution in [0.1, 0.15) is 6.92 Å². The van der Waals surface area contributed by atoms with Crippen molar-refractivity contribution in [3.05, 3.63) is 36.2 Å². The zero-order chi connectivity index (χ0) is 23.0. The molecular formula is C19H25F2N7O3. The van der Waals surface area contributed by atoms with Crippen LogP contribution < -0.4 is 15.6 Å². The molecule has 0 radical (unpaired) electrons. The molecule has 2 amide bonds. The van der Waals surface area contributed by atoms with Gasteiger partial charge in [-0.3, -0.25) is 19.7 Å². The van der Waals surface area contributed by atoms with Crippen LogP contribution in [-0.4, -0.2) is 74.7 Å². The third-order valence-electron chi connectivity index (χ3n) is 4.35. The smallest absolute Gasteiger partial charge is 0.414 e. The van der Waals surface area contributed by atoms with Gasteiger partial charge in [0.05, 0.1) is 25.3 Å². The Morgan fingerprint density at radius 1 is 1.39 bits per heavy atom. The molecule has 1 aromatic carbocycles. The zero-order valence-corrected chi connectivity index (χ0v) is 17.3. The summed E-state index contributed by atoms with van der Waals surface area (Å²) in [6.07, 6.45) is 3.33. The third-order valence-corrected chi connectivity index (χ3v) is 4.35. The summed E-state index contributed by atoms with van der Waals surface area (Å²) in [5, 5.41) is 10.2. The summed E-state index contributed by atoms with van der Waals surface area (Å²) < 4.78 is 34.8. The fourth-order valence-corrected chi connectivity index (χ4v) is 2.86. The molecule has 2 N–H and O–H groups in total. The van der Waals surface area contributed by atoms with Crippen molar-refractivity contribution in [1.29, 1.82) is 0 Å². The van der Waals surface area contributed by atoms with Crippen molar-refractivity contribution in [2.24, 2.45) is 15.9 Å². The van der Waals surface area contributed by atoms with E-state index in [1.165, 1.54) is 28.5 Å². The second kappa shape index (κ2) is 10.9. The fraction of sp³-hybridized carbons (Fsp3) is 0.368. The number of hydrogen-bond acceptors (Lipinski definition) is 8. The lowest BCUT2D eigenvalue weighted by Crippen LogP contribution is -2.30. The van der Waals surface area contributed by atoms with Crippen LogP contribution >= 0.6 is 0 Å². The highest BCUT2D eigenvalue weighted by atomic mass is 19.1. The summed E-state index contributed by atoms with van der Waals surface area (Å²) >= 11 is 0. The Kier molecular flexibility index (Phi) is 8.29. The van der Waals surface area contributed by atoms with Crippen LogP contribution in [0, 0.1) is 11.6 Å². The Balaban J connectivity index is 2.20. The maximum absolute atomic E-state index is 14.8. The Labute approximate surface area is 178 Å². The molecule has 168 valence electrons. The molecule has 1 aromatic rings. The highest BCUT2D eigenvalue weighted by Crippen LogP contribution is 2.31. The molecule has 0 aromatic heterocycles. The zero-order valence-electron chi connectivity index (χ0n) is 17.3. The van der Waals surface area contributed by atoms with Crippen molar-refractivity contribution in [3.63, 3.8) is 0 Å².